The lowest BCUT2D eigenvalue weighted by atomic mass is 10.1. The molecule has 0 aliphatic carbocycles. The van der Waals surface area contributed by atoms with Crippen LogP contribution >= 0.6 is 34.8 Å². The van der Waals surface area contributed by atoms with Crippen molar-refractivity contribution in [1.82, 2.24) is 10.2 Å². The first-order valence-corrected chi connectivity index (χ1v) is 15.0. The number of carbonyl (C=O) groups excluding carboxylic acids is 2. The molecule has 0 aliphatic rings. The van der Waals surface area contributed by atoms with Crippen molar-refractivity contribution in [2.24, 2.45) is 0 Å². The highest BCUT2D eigenvalue weighted by molar-refractivity contribution is 7.92. The monoisotopic (exact) mass is 589 g/mol. The first kappa shape index (κ1) is 31.2. The number of carbonyl (C=O) groups is 2. The summed E-state index contributed by atoms with van der Waals surface area (Å²) in [5, 5.41) is 4.12. The lowest BCUT2D eigenvalue weighted by Crippen LogP contribution is -2.49. The summed E-state index contributed by atoms with van der Waals surface area (Å²) in [5.74, 6) is -0.552. The molecule has 0 aromatic heterocycles. The first-order valence-electron chi connectivity index (χ1n) is 12.0. The molecule has 0 saturated heterocycles. The van der Waals surface area contributed by atoms with E-state index in [0.717, 1.165) is 18.2 Å². The van der Waals surface area contributed by atoms with Gasteiger partial charge in [-0.3, -0.25) is 13.9 Å². The summed E-state index contributed by atoms with van der Waals surface area (Å²) >= 11 is 18.4. The molecule has 37 heavy (non-hydrogen) atoms. The first-order chi connectivity index (χ1) is 17.3. The van der Waals surface area contributed by atoms with Crippen LogP contribution in [-0.4, -0.2) is 50.0 Å². The summed E-state index contributed by atoms with van der Waals surface area (Å²) in [7, 11) is -3.62. The predicted octanol–water partition coefficient (Wildman–Crippen LogP) is 5.83. The van der Waals surface area contributed by atoms with Gasteiger partial charge in [-0.15, -0.1) is 0 Å². The van der Waals surface area contributed by atoms with Gasteiger partial charge in [-0.25, -0.2) is 8.42 Å². The number of halogens is 3. The largest absolute Gasteiger partial charge is 0.352 e. The van der Waals surface area contributed by atoms with Crippen LogP contribution in [-0.2, 0) is 26.2 Å². The van der Waals surface area contributed by atoms with E-state index in [9.17, 15) is 18.0 Å². The summed E-state index contributed by atoms with van der Waals surface area (Å²) in [4.78, 5) is 27.8. The quantitative estimate of drug-likeness (QED) is 0.337. The van der Waals surface area contributed by atoms with Crippen LogP contribution in [0.1, 0.15) is 51.2 Å². The second-order valence-electron chi connectivity index (χ2n) is 9.09. The van der Waals surface area contributed by atoms with Crippen molar-refractivity contribution in [2.45, 2.75) is 65.6 Å². The Morgan fingerprint density at radius 2 is 1.70 bits per heavy atom. The van der Waals surface area contributed by atoms with E-state index in [0.29, 0.717) is 26.3 Å². The number of amides is 2. The molecule has 0 unspecified atom stereocenters. The molecule has 0 bridgehead atoms. The molecule has 0 radical (unpaired) electrons. The molecule has 11 heteroatoms. The molecule has 2 amide bonds. The molecule has 0 saturated carbocycles. The van der Waals surface area contributed by atoms with Gasteiger partial charge in [0.1, 0.15) is 6.04 Å². The number of hydrogen-bond acceptors (Lipinski definition) is 4. The minimum atomic E-state index is -3.62. The number of hydrogen-bond donors (Lipinski definition) is 1. The molecule has 2 aromatic rings. The van der Waals surface area contributed by atoms with Gasteiger partial charge in [0, 0.05) is 30.6 Å². The minimum absolute atomic E-state index is 0.0356. The Hall–Kier alpha value is -2.00. The highest BCUT2D eigenvalue weighted by Crippen LogP contribution is 2.29. The van der Waals surface area contributed by atoms with Gasteiger partial charge in [-0.1, -0.05) is 53.9 Å². The Kier molecular flexibility index (Phi) is 11.6. The zero-order valence-electron chi connectivity index (χ0n) is 21.7. The number of benzene rings is 2. The lowest BCUT2D eigenvalue weighted by molar-refractivity contribution is -0.140. The van der Waals surface area contributed by atoms with Gasteiger partial charge < -0.3 is 10.2 Å². The van der Waals surface area contributed by atoms with E-state index in [1.165, 1.54) is 9.21 Å². The fourth-order valence-electron chi connectivity index (χ4n) is 3.73. The van der Waals surface area contributed by atoms with Gasteiger partial charge in [0.25, 0.3) is 0 Å². The highest BCUT2D eigenvalue weighted by Gasteiger charge is 2.27. The third kappa shape index (κ3) is 8.77. The Labute approximate surface area is 235 Å². The smallest absolute Gasteiger partial charge is 0.242 e. The summed E-state index contributed by atoms with van der Waals surface area (Å²) in [6.45, 7) is 7.51. The van der Waals surface area contributed by atoms with E-state index in [1.54, 1.807) is 50.2 Å². The maximum atomic E-state index is 13.4. The third-order valence-corrected chi connectivity index (χ3v) is 8.49. The van der Waals surface area contributed by atoms with E-state index >= 15 is 0 Å². The lowest BCUT2D eigenvalue weighted by Gasteiger charge is -2.30. The molecule has 0 heterocycles. The molecule has 0 fully saturated rings. The van der Waals surface area contributed by atoms with Gasteiger partial charge in [-0.05, 0) is 69.0 Å². The van der Waals surface area contributed by atoms with E-state index < -0.39 is 16.1 Å². The summed E-state index contributed by atoms with van der Waals surface area (Å²) in [6, 6.07) is 9.32. The van der Waals surface area contributed by atoms with Gasteiger partial charge in [0.15, 0.2) is 0 Å². The van der Waals surface area contributed by atoms with Crippen molar-refractivity contribution in [2.75, 3.05) is 17.1 Å². The standard InChI is InChI=1S/C26H34Cl3N3O4S/c1-6-17(2)30-26(34)19(4)31(16-20-12-13-22(28)23(29)15-20)25(33)11-8-14-32(37(5,35)36)24-10-7-9-21(27)18(24)3/h7,9-10,12-13,15,17,19H,6,8,11,14,16H2,1-5H3,(H,30,34)/t17-,19-/m1/s1. The van der Waals surface area contributed by atoms with Crippen molar-refractivity contribution in [3.05, 3.63) is 62.6 Å². The van der Waals surface area contributed by atoms with Crippen LogP contribution in [0.25, 0.3) is 0 Å². The SMILES string of the molecule is CC[C@@H](C)NC(=O)[C@@H](C)N(Cc1ccc(Cl)c(Cl)c1)C(=O)CCCN(c1cccc(Cl)c1C)S(C)(=O)=O. The fraction of sp³-hybridized carbons (Fsp3) is 0.462. The van der Waals surface area contributed by atoms with Crippen LogP contribution in [0, 0.1) is 6.92 Å². The molecule has 0 aliphatic heterocycles. The molecule has 2 rings (SSSR count). The molecule has 2 atom stereocenters. The zero-order chi connectivity index (χ0) is 27.9. The van der Waals surface area contributed by atoms with Crippen LogP contribution in [0.2, 0.25) is 15.1 Å². The normalized spacial score (nSPS) is 13.1. The Morgan fingerprint density at radius 3 is 2.30 bits per heavy atom. The van der Waals surface area contributed by atoms with Gasteiger partial charge in [-0.2, -0.15) is 0 Å². The summed E-state index contributed by atoms with van der Waals surface area (Å²) < 4.78 is 26.3. The van der Waals surface area contributed by atoms with Crippen LogP contribution in [0.4, 0.5) is 5.69 Å². The number of nitrogens with zero attached hydrogens (tertiary/aromatic N) is 2. The predicted molar refractivity (Wildman–Crippen MR) is 152 cm³/mol. The average Bonchev–Trinajstić information content (AvgIpc) is 2.83. The van der Waals surface area contributed by atoms with Crippen molar-refractivity contribution >= 4 is 62.3 Å². The van der Waals surface area contributed by atoms with Crippen LogP contribution in [0.15, 0.2) is 36.4 Å². The molecule has 1 N–H and O–H groups in total. The molecule has 2 aromatic carbocycles. The van der Waals surface area contributed by atoms with E-state index in [2.05, 4.69) is 5.32 Å². The highest BCUT2D eigenvalue weighted by atomic mass is 35.5. The number of anilines is 1. The Balaban J connectivity index is 2.24. The Morgan fingerprint density at radius 1 is 1.03 bits per heavy atom. The average molecular weight is 591 g/mol. The van der Waals surface area contributed by atoms with Crippen LogP contribution < -0.4 is 9.62 Å². The van der Waals surface area contributed by atoms with Gasteiger partial charge >= 0.3 is 0 Å². The van der Waals surface area contributed by atoms with Gasteiger partial charge in [0.2, 0.25) is 21.8 Å². The topological polar surface area (TPSA) is 86.8 Å². The van der Waals surface area contributed by atoms with Crippen molar-refractivity contribution < 1.29 is 18.0 Å². The minimum Gasteiger partial charge on any atom is -0.352 e. The molecular formula is C26H34Cl3N3O4S. The number of nitrogens with one attached hydrogen (secondary N) is 1. The van der Waals surface area contributed by atoms with E-state index in [1.807, 2.05) is 13.8 Å². The maximum Gasteiger partial charge on any atom is 0.242 e. The molecular weight excluding hydrogens is 557 g/mol. The van der Waals surface area contributed by atoms with Crippen LogP contribution in [0.3, 0.4) is 0 Å². The van der Waals surface area contributed by atoms with Crippen molar-refractivity contribution in [1.29, 1.82) is 0 Å². The van der Waals surface area contributed by atoms with Crippen molar-refractivity contribution in [3.8, 4) is 0 Å². The molecule has 0 spiro atoms. The maximum absolute atomic E-state index is 13.4. The second-order valence-corrected chi connectivity index (χ2v) is 12.2. The summed E-state index contributed by atoms with van der Waals surface area (Å²) in [5.41, 5.74) is 1.83. The third-order valence-electron chi connectivity index (χ3n) is 6.17. The zero-order valence-corrected chi connectivity index (χ0v) is 24.8. The summed E-state index contributed by atoms with van der Waals surface area (Å²) in [6.07, 6.45) is 2.15. The second kappa shape index (κ2) is 13.7. The van der Waals surface area contributed by atoms with Crippen molar-refractivity contribution in [3.63, 3.8) is 0 Å². The van der Waals surface area contributed by atoms with Gasteiger partial charge in [0.05, 0.1) is 22.0 Å². The van der Waals surface area contributed by atoms with E-state index in [4.69, 9.17) is 34.8 Å². The molecule has 204 valence electrons. The van der Waals surface area contributed by atoms with E-state index in [-0.39, 0.29) is 43.8 Å². The molecule has 7 nitrogen and oxygen atoms in total. The Bertz CT molecular complexity index is 1220. The fourth-order valence-corrected chi connectivity index (χ4v) is 5.24. The van der Waals surface area contributed by atoms with Crippen LogP contribution in [0.5, 0.6) is 0 Å². The number of sulfonamides is 1. The number of rotatable bonds is 12.